The fraction of sp³-hybridized carbons (Fsp3) is 0.333. The van der Waals surface area contributed by atoms with E-state index in [1.165, 1.54) is 0 Å². The smallest absolute Gasteiger partial charge is 0.269 e. The number of hydrogen-bond donors (Lipinski definition) is 4. The van der Waals surface area contributed by atoms with Gasteiger partial charge in [0.1, 0.15) is 5.69 Å². The van der Waals surface area contributed by atoms with Gasteiger partial charge in [0.05, 0.1) is 26.6 Å². The number of benzene rings is 1. The first-order valence-electron chi connectivity index (χ1n) is 9.54. The highest BCUT2D eigenvalue weighted by molar-refractivity contribution is 8.00. The van der Waals surface area contributed by atoms with Crippen molar-refractivity contribution in [3.63, 3.8) is 0 Å². The third kappa shape index (κ3) is 4.03. The fourth-order valence-electron chi connectivity index (χ4n) is 3.77. The van der Waals surface area contributed by atoms with Crippen LogP contribution in [0.5, 0.6) is 0 Å². The van der Waals surface area contributed by atoms with E-state index in [9.17, 15) is 19.8 Å². The number of aromatic amines is 1. The van der Waals surface area contributed by atoms with E-state index in [0.29, 0.717) is 12.0 Å². The van der Waals surface area contributed by atoms with Crippen molar-refractivity contribution in [2.75, 3.05) is 19.3 Å². The summed E-state index contributed by atoms with van der Waals surface area (Å²) >= 11 is 3.24. The number of nitrogens with zero attached hydrogens (tertiary/aromatic N) is 1. The Labute approximate surface area is 182 Å². The van der Waals surface area contributed by atoms with Crippen molar-refractivity contribution in [2.24, 2.45) is 0 Å². The molecule has 0 radical (unpaired) electrons. The van der Waals surface area contributed by atoms with Gasteiger partial charge >= 0.3 is 0 Å². The molecule has 3 aromatic rings. The molecule has 7 nitrogen and oxygen atoms in total. The average molecular weight is 446 g/mol. The van der Waals surface area contributed by atoms with E-state index in [4.69, 9.17) is 0 Å². The summed E-state index contributed by atoms with van der Waals surface area (Å²) in [5, 5.41) is 22.9. The van der Waals surface area contributed by atoms with Gasteiger partial charge in [-0.2, -0.15) is 0 Å². The number of aromatic nitrogens is 1. The zero-order valence-corrected chi connectivity index (χ0v) is 18.0. The number of aliphatic hydroxyl groups is 2. The van der Waals surface area contributed by atoms with Crippen molar-refractivity contribution in [1.29, 1.82) is 0 Å². The Morgan fingerprint density at radius 3 is 2.60 bits per heavy atom. The van der Waals surface area contributed by atoms with Crippen molar-refractivity contribution in [2.45, 2.75) is 28.5 Å². The average Bonchev–Trinajstić information content (AvgIpc) is 3.41. The Kier molecular flexibility index (Phi) is 5.99. The molecule has 3 atom stereocenters. The molecule has 3 heterocycles. The molecule has 2 aromatic heterocycles. The number of carbonyl (C=O) groups is 2. The molecule has 0 unspecified atom stereocenters. The van der Waals surface area contributed by atoms with Gasteiger partial charge in [0.15, 0.2) is 11.9 Å². The van der Waals surface area contributed by atoms with Crippen molar-refractivity contribution in [3.05, 3.63) is 53.7 Å². The SMILES string of the molecule is CSc1cc2[nH]c(C(=O)N[C@@](C=O)(Cc3ccccc3)N3C[C@@H](O)[C@@H](O)C3)cc2s1. The quantitative estimate of drug-likeness (QED) is 0.327. The van der Waals surface area contributed by atoms with Crippen molar-refractivity contribution in [3.8, 4) is 0 Å². The lowest BCUT2D eigenvalue weighted by atomic mass is 9.98. The zero-order valence-electron chi connectivity index (χ0n) is 16.4. The van der Waals surface area contributed by atoms with Crippen LogP contribution in [0.2, 0.25) is 0 Å². The van der Waals surface area contributed by atoms with Gasteiger partial charge in [0, 0.05) is 19.5 Å². The summed E-state index contributed by atoms with van der Waals surface area (Å²) in [6, 6.07) is 13.1. The molecule has 1 fully saturated rings. The van der Waals surface area contributed by atoms with Crippen LogP contribution in [-0.4, -0.2) is 69.5 Å². The summed E-state index contributed by atoms with van der Waals surface area (Å²) < 4.78 is 2.12. The van der Waals surface area contributed by atoms with Crippen LogP contribution in [0.15, 0.2) is 46.7 Å². The lowest BCUT2D eigenvalue weighted by Crippen LogP contribution is -2.63. The first-order chi connectivity index (χ1) is 14.4. The summed E-state index contributed by atoms with van der Waals surface area (Å²) in [5.41, 5.74) is 0.711. The van der Waals surface area contributed by atoms with Gasteiger partial charge in [0.25, 0.3) is 5.91 Å². The van der Waals surface area contributed by atoms with Crippen molar-refractivity contribution in [1.82, 2.24) is 15.2 Å². The van der Waals surface area contributed by atoms with Crippen LogP contribution in [0.1, 0.15) is 16.1 Å². The predicted molar refractivity (Wildman–Crippen MR) is 118 cm³/mol. The molecule has 4 N–H and O–H groups in total. The maximum atomic E-state index is 13.1. The highest BCUT2D eigenvalue weighted by atomic mass is 32.2. The Hall–Kier alpha value is -2.17. The molecule has 4 rings (SSSR count). The van der Waals surface area contributed by atoms with Gasteiger partial charge in [-0.15, -0.1) is 23.1 Å². The molecule has 0 saturated carbocycles. The minimum absolute atomic E-state index is 0.0872. The Bertz CT molecular complexity index is 1010. The molecule has 1 aromatic carbocycles. The Morgan fingerprint density at radius 2 is 2.00 bits per heavy atom. The minimum Gasteiger partial charge on any atom is -0.389 e. The first kappa shape index (κ1) is 21.1. The topological polar surface area (TPSA) is 106 Å². The van der Waals surface area contributed by atoms with Crippen molar-refractivity contribution < 1.29 is 19.8 Å². The van der Waals surface area contributed by atoms with E-state index in [-0.39, 0.29) is 19.5 Å². The number of thiophene rings is 1. The molecule has 0 spiro atoms. The highest BCUT2D eigenvalue weighted by Gasteiger charge is 2.45. The number of carbonyl (C=O) groups excluding carboxylic acids is 2. The molecule has 1 aliphatic rings. The number of β-amino-alcohol motifs (C(OH)–C–C–N with tert-alkyl or cyclic N) is 2. The van der Waals surface area contributed by atoms with Crippen LogP contribution in [-0.2, 0) is 11.2 Å². The van der Waals surface area contributed by atoms with Crippen LogP contribution >= 0.6 is 23.1 Å². The van der Waals surface area contributed by atoms with Crippen LogP contribution < -0.4 is 5.32 Å². The summed E-state index contributed by atoms with van der Waals surface area (Å²) in [4.78, 5) is 30.2. The van der Waals surface area contributed by atoms with E-state index in [2.05, 4.69) is 10.3 Å². The van der Waals surface area contributed by atoms with E-state index < -0.39 is 23.8 Å². The molecule has 1 aliphatic heterocycles. The van der Waals surface area contributed by atoms with E-state index in [1.807, 2.05) is 42.7 Å². The molecule has 1 saturated heterocycles. The van der Waals surface area contributed by atoms with E-state index in [0.717, 1.165) is 20.0 Å². The monoisotopic (exact) mass is 445 g/mol. The van der Waals surface area contributed by atoms with Gasteiger partial charge < -0.3 is 20.5 Å². The van der Waals surface area contributed by atoms with Gasteiger partial charge in [0.2, 0.25) is 0 Å². The third-order valence-electron chi connectivity index (χ3n) is 5.39. The molecule has 0 bridgehead atoms. The number of aldehydes is 1. The number of rotatable bonds is 7. The van der Waals surface area contributed by atoms with E-state index >= 15 is 0 Å². The first-order valence-corrected chi connectivity index (χ1v) is 11.6. The number of aliphatic hydroxyl groups excluding tert-OH is 2. The summed E-state index contributed by atoms with van der Waals surface area (Å²) in [6.07, 6.45) is 0.961. The second-order valence-corrected chi connectivity index (χ2v) is 9.62. The second-order valence-electron chi connectivity index (χ2n) is 7.43. The molecule has 158 valence electrons. The molecule has 9 heteroatoms. The normalized spacial score (nSPS) is 21.6. The standard InChI is InChI=1S/C21H23N3O4S2/c1-29-19-8-14-18(30-19)7-15(22-14)20(28)23-21(12-25,9-13-5-3-2-4-6-13)24-10-16(26)17(27)11-24/h2-8,12,16-17,22,26-27H,9-11H2,1H3,(H,23,28)/t16-,17+,21-/m0/s1. The Balaban J connectivity index is 1.64. The minimum atomic E-state index is -1.39. The van der Waals surface area contributed by atoms with Gasteiger partial charge in [-0.05, 0) is 24.0 Å². The summed E-state index contributed by atoms with van der Waals surface area (Å²) in [6.45, 7) is 0.174. The predicted octanol–water partition coefficient (Wildman–Crippen LogP) is 1.86. The molecule has 0 aliphatic carbocycles. The molecule has 30 heavy (non-hydrogen) atoms. The van der Waals surface area contributed by atoms with Crippen LogP contribution in [0.3, 0.4) is 0 Å². The van der Waals surface area contributed by atoms with Gasteiger partial charge in [-0.1, -0.05) is 30.3 Å². The maximum absolute atomic E-state index is 13.1. The number of thioether (sulfide) groups is 1. The van der Waals surface area contributed by atoms with Crippen molar-refractivity contribution >= 4 is 45.5 Å². The molecular formula is C21H23N3O4S2. The largest absolute Gasteiger partial charge is 0.389 e. The van der Waals surface area contributed by atoms with E-state index in [1.54, 1.807) is 34.1 Å². The van der Waals surface area contributed by atoms with Crippen LogP contribution in [0.4, 0.5) is 0 Å². The van der Waals surface area contributed by atoms with Gasteiger partial charge in [-0.25, -0.2) is 0 Å². The number of likely N-dealkylation sites (tertiary alicyclic amines) is 1. The van der Waals surface area contributed by atoms with Gasteiger partial charge in [-0.3, -0.25) is 14.5 Å². The number of amides is 1. The Morgan fingerprint density at radius 1 is 1.30 bits per heavy atom. The zero-order chi connectivity index (χ0) is 21.3. The molecule has 1 amide bonds. The summed E-state index contributed by atoms with van der Waals surface area (Å²) in [7, 11) is 0. The number of fused-ring (bicyclic) bond motifs is 1. The van der Waals surface area contributed by atoms with Crippen LogP contribution in [0, 0.1) is 0 Å². The highest BCUT2D eigenvalue weighted by Crippen LogP contribution is 2.32. The lowest BCUT2D eigenvalue weighted by Gasteiger charge is -2.38. The third-order valence-corrected chi connectivity index (χ3v) is 7.54. The number of nitrogens with one attached hydrogen (secondary N) is 2. The number of hydrogen-bond acceptors (Lipinski definition) is 7. The second kappa shape index (κ2) is 8.52. The maximum Gasteiger partial charge on any atom is 0.269 e. The lowest BCUT2D eigenvalue weighted by molar-refractivity contribution is -0.120. The summed E-state index contributed by atoms with van der Waals surface area (Å²) in [5.74, 6) is -0.414. The number of H-pyrrole nitrogens is 1. The van der Waals surface area contributed by atoms with Crippen LogP contribution in [0.25, 0.3) is 10.2 Å². The molecular weight excluding hydrogens is 422 g/mol. The fourth-order valence-corrected chi connectivity index (χ4v) is 5.40.